The van der Waals surface area contributed by atoms with Gasteiger partial charge in [-0.1, -0.05) is 26.2 Å². The van der Waals surface area contributed by atoms with Crippen LogP contribution in [0.2, 0.25) is 0 Å². The predicted molar refractivity (Wildman–Crippen MR) is 71.8 cm³/mol. The highest BCUT2D eigenvalue weighted by atomic mass is 14.9. The number of nitriles is 1. The highest BCUT2D eigenvalue weighted by Crippen LogP contribution is 2.26. The van der Waals surface area contributed by atoms with Crippen LogP contribution in [-0.2, 0) is 6.54 Å². The van der Waals surface area contributed by atoms with E-state index in [1.807, 2.05) is 12.1 Å². The fraction of sp³-hybridized carbons (Fsp3) is 0.600. The molecule has 2 atom stereocenters. The van der Waals surface area contributed by atoms with Gasteiger partial charge in [0.2, 0.25) is 0 Å². The highest BCUT2D eigenvalue weighted by molar-refractivity contribution is 5.25. The van der Waals surface area contributed by atoms with E-state index in [4.69, 9.17) is 5.26 Å². The normalized spacial score (nSPS) is 23.6. The van der Waals surface area contributed by atoms with Crippen LogP contribution in [0.3, 0.4) is 0 Å². The van der Waals surface area contributed by atoms with Crippen LogP contribution in [0, 0.1) is 17.2 Å². The monoisotopic (exact) mass is 243 g/mol. The van der Waals surface area contributed by atoms with E-state index < -0.39 is 0 Å². The lowest BCUT2D eigenvalue weighted by Gasteiger charge is -2.29. The van der Waals surface area contributed by atoms with E-state index >= 15 is 0 Å². The van der Waals surface area contributed by atoms with E-state index in [1.54, 1.807) is 6.20 Å². The molecule has 1 fully saturated rings. The first-order valence-electron chi connectivity index (χ1n) is 6.90. The zero-order valence-electron chi connectivity index (χ0n) is 11.0. The lowest BCUT2D eigenvalue weighted by molar-refractivity contribution is 0.278. The molecule has 0 bridgehead atoms. The van der Waals surface area contributed by atoms with Crippen molar-refractivity contribution in [1.82, 2.24) is 10.3 Å². The lowest BCUT2D eigenvalue weighted by Crippen LogP contribution is -2.33. The van der Waals surface area contributed by atoms with Gasteiger partial charge in [0.1, 0.15) is 11.8 Å². The molecule has 0 spiro atoms. The third kappa shape index (κ3) is 3.54. The SMILES string of the molecule is CCC1CCCC(NCc2ccnc(C#N)c2)C1. The number of hydrogen-bond donors (Lipinski definition) is 1. The van der Waals surface area contributed by atoms with E-state index in [0.29, 0.717) is 11.7 Å². The summed E-state index contributed by atoms with van der Waals surface area (Å²) in [6.07, 6.45) is 8.33. The molecule has 1 heterocycles. The maximum Gasteiger partial charge on any atom is 0.140 e. The van der Waals surface area contributed by atoms with Gasteiger partial charge in [-0.2, -0.15) is 5.26 Å². The Labute approximate surface area is 109 Å². The molecule has 0 radical (unpaired) electrons. The fourth-order valence-corrected chi connectivity index (χ4v) is 2.75. The van der Waals surface area contributed by atoms with Crippen molar-refractivity contribution in [2.75, 3.05) is 0 Å². The third-order valence-corrected chi connectivity index (χ3v) is 3.89. The van der Waals surface area contributed by atoms with Gasteiger partial charge >= 0.3 is 0 Å². The summed E-state index contributed by atoms with van der Waals surface area (Å²) in [5, 5.41) is 12.4. The molecule has 1 saturated carbocycles. The van der Waals surface area contributed by atoms with Gasteiger partial charge in [0.05, 0.1) is 0 Å². The Morgan fingerprint density at radius 2 is 2.39 bits per heavy atom. The lowest BCUT2D eigenvalue weighted by atomic mass is 9.84. The molecule has 96 valence electrons. The number of hydrogen-bond acceptors (Lipinski definition) is 3. The summed E-state index contributed by atoms with van der Waals surface area (Å²) in [4.78, 5) is 3.99. The Balaban J connectivity index is 1.85. The first-order chi connectivity index (χ1) is 8.81. The van der Waals surface area contributed by atoms with Crippen LogP contribution in [0.5, 0.6) is 0 Å². The van der Waals surface area contributed by atoms with Crippen molar-refractivity contribution < 1.29 is 0 Å². The zero-order chi connectivity index (χ0) is 12.8. The molecule has 3 heteroatoms. The molecule has 1 aromatic heterocycles. The van der Waals surface area contributed by atoms with Gasteiger partial charge in [-0.25, -0.2) is 4.98 Å². The first-order valence-corrected chi connectivity index (χ1v) is 6.90. The maximum atomic E-state index is 8.81. The van der Waals surface area contributed by atoms with Crippen molar-refractivity contribution in [1.29, 1.82) is 5.26 Å². The molecule has 0 saturated heterocycles. The molecule has 1 aliphatic rings. The quantitative estimate of drug-likeness (QED) is 0.884. The van der Waals surface area contributed by atoms with E-state index in [1.165, 1.54) is 32.1 Å². The molecule has 1 N–H and O–H groups in total. The molecule has 1 aromatic rings. The second kappa shape index (κ2) is 6.51. The molecular weight excluding hydrogens is 222 g/mol. The summed E-state index contributed by atoms with van der Waals surface area (Å²) in [6.45, 7) is 3.13. The van der Waals surface area contributed by atoms with Gasteiger partial charge in [0, 0.05) is 18.8 Å². The van der Waals surface area contributed by atoms with E-state index in [2.05, 4.69) is 23.3 Å². The Morgan fingerprint density at radius 3 is 3.17 bits per heavy atom. The van der Waals surface area contributed by atoms with Gasteiger partial charge in [-0.15, -0.1) is 0 Å². The summed E-state index contributed by atoms with van der Waals surface area (Å²) in [5.41, 5.74) is 1.66. The first kappa shape index (κ1) is 13.0. The van der Waals surface area contributed by atoms with Gasteiger partial charge in [-0.3, -0.25) is 0 Å². The van der Waals surface area contributed by atoms with Crippen molar-refractivity contribution in [3.05, 3.63) is 29.6 Å². The van der Waals surface area contributed by atoms with Gasteiger partial charge in [0.25, 0.3) is 0 Å². The molecule has 0 aliphatic heterocycles. The molecule has 2 rings (SSSR count). The summed E-state index contributed by atoms with van der Waals surface area (Å²) in [5.74, 6) is 0.892. The summed E-state index contributed by atoms with van der Waals surface area (Å²) < 4.78 is 0. The van der Waals surface area contributed by atoms with Gasteiger partial charge in [-0.05, 0) is 36.5 Å². The zero-order valence-corrected chi connectivity index (χ0v) is 11.0. The largest absolute Gasteiger partial charge is 0.310 e. The fourth-order valence-electron chi connectivity index (χ4n) is 2.75. The molecule has 0 aromatic carbocycles. The number of nitrogens with zero attached hydrogens (tertiary/aromatic N) is 2. The summed E-state index contributed by atoms with van der Waals surface area (Å²) in [6, 6.07) is 6.57. The van der Waals surface area contributed by atoms with Crippen molar-refractivity contribution >= 4 is 0 Å². The van der Waals surface area contributed by atoms with Crippen LogP contribution in [-0.4, -0.2) is 11.0 Å². The number of aromatic nitrogens is 1. The minimum Gasteiger partial charge on any atom is -0.310 e. The summed E-state index contributed by atoms with van der Waals surface area (Å²) >= 11 is 0. The summed E-state index contributed by atoms with van der Waals surface area (Å²) in [7, 11) is 0. The van der Waals surface area contributed by atoms with E-state index in [0.717, 1.165) is 18.0 Å². The van der Waals surface area contributed by atoms with Gasteiger partial charge in [0.15, 0.2) is 0 Å². The Bertz CT molecular complexity index is 422. The maximum absolute atomic E-state index is 8.81. The van der Waals surface area contributed by atoms with Crippen molar-refractivity contribution in [2.24, 2.45) is 5.92 Å². The van der Waals surface area contributed by atoms with Crippen LogP contribution in [0.4, 0.5) is 0 Å². The standard InChI is InChI=1S/C15H21N3/c1-2-12-4-3-5-14(8-12)18-11-13-6-7-17-15(9-13)10-16/h6-7,9,12,14,18H,2-5,8,11H2,1H3. The minimum absolute atomic E-state index is 0.504. The smallest absolute Gasteiger partial charge is 0.140 e. The molecule has 18 heavy (non-hydrogen) atoms. The number of nitrogens with one attached hydrogen (secondary N) is 1. The van der Waals surface area contributed by atoms with Crippen molar-refractivity contribution in [3.8, 4) is 6.07 Å². The molecule has 1 aliphatic carbocycles. The van der Waals surface area contributed by atoms with Crippen LogP contribution in [0.25, 0.3) is 0 Å². The molecule has 0 amide bonds. The Hall–Kier alpha value is -1.40. The number of pyridine rings is 1. The average molecular weight is 243 g/mol. The molecular formula is C15H21N3. The Morgan fingerprint density at radius 1 is 1.50 bits per heavy atom. The molecule has 2 unspecified atom stereocenters. The average Bonchev–Trinajstić information content (AvgIpc) is 2.45. The predicted octanol–water partition coefficient (Wildman–Crippen LogP) is 3.01. The third-order valence-electron chi connectivity index (χ3n) is 3.89. The van der Waals surface area contributed by atoms with Crippen LogP contribution < -0.4 is 5.32 Å². The number of rotatable bonds is 4. The van der Waals surface area contributed by atoms with Crippen LogP contribution in [0.1, 0.15) is 50.3 Å². The van der Waals surface area contributed by atoms with Crippen molar-refractivity contribution in [3.63, 3.8) is 0 Å². The highest BCUT2D eigenvalue weighted by Gasteiger charge is 2.19. The second-order valence-electron chi connectivity index (χ2n) is 5.18. The minimum atomic E-state index is 0.504. The molecule has 3 nitrogen and oxygen atoms in total. The van der Waals surface area contributed by atoms with E-state index in [-0.39, 0.29) is 0 Å². The van der Waals surface area contributed by atoms with Crippen LogP contribution >= 0.6 is 0 Å². The van der Waals surface area contributed by atoms with E-state index in [9.17, 15) is 0 Å². The second-order valence-corrected chi connectivity index (χ2v) is 5.18. The van der Waals surface area contributed by atoms with Crippen LogP contribution in [0.15, 0.2) is 18.3 Å². The Kier molecular flexibility index (Phi) is 4.72. The van der Waals surface area contributed by atoms with Gasteiger partial charge < -0.3 is 5.32 Å². The van der Waals surface area contributed by atoms with Crippen molar-refractivity contribution in [2.45, 2.75) is 51.6 Å². The topological polar surface area (TPSA) is 48.7 Å².